The monoisotopic (exact) mass is 408 g/mol. The van der Waals surface area contributed by atoms with Crippen LogP contribution in [0.5, 0.6) is 0 Å². The molecule has 3 aromatic rings. The smallest absolute Gasteiger partial charge is 0.324 e. The highest BCUT2D eigenvalue weighted by molar-refractivity contribution is 7.13. The SMILES string of the molecule is O=C(Cn1nc(-c2cccs2)n(C2CC2)c1=O)Nc1ccc(C(F)(F)F)cc1. The van der Waals surface area contributed by atoms with E-state index in [2.05, 4.69) is 10.4 Å². The number of alkyl halides is 3. The molecule has 146 valence electrons. The fourth-order valence-electron chi connectivity index (χ4n) is 2.84. The molecule has 1 amide bonds. The first-order valence-corrected chi connectivity index (χ1v) is 9.41. The highest BCUT2D eigenvalue weighted by Gasteiger charge is 2.31. The molecule has 0 aliphatic heterocycles. The number of hydrogen-bond acceptors (Lipinski definition) is 4. The lowest BCUT2D eigenvalue weighted by atomic mass is 10.2. The highest BCUT2D eigenvalue weighted by Crippen LogP contribution is 2.37. The second-order valence-electron chi connectivity index (χ2n) is 6.47. The maximum Gasteiger partial charge on any atom is 0.416 e. The van der Waals surface area contributed by atoms with Gasteiger partial charge >= 0.3 is 11.9 Å². The van der Waals surface area contributed by atoms with Crippen LogP contribution in [0.2, 0.25) is 0 Å². The van der Waals surface area contributed by atoms with E-state index < -0.39 is 17.6 Å². The second-order valence-corrected chi connectivity index (χ2v) is 7.41. The van der Waals surface area contributed by atoms with E-state index in [0.717, 1.165) is 34.5 Å². The molecule has 6 nitrogen and oxygen atoms in total. The van der Waals surface area contributed by atoms with Crippen molar-refractivity contribution in [1.82, 2.24) is 14.3 Å². The molecule has 0 radical (unpaired) electrons. The first kappa shape index (κ1) is 18.5. The van der Waals surface area contributed by atoms with Gasteiger partial charge in [0.1, 0.15) is 6.54 Å². The largest absolute Gasteiger partial charge is 0.416 e. The van der Waals surface area contributed by atoms with Crippen LogP contribution in [0.1, 0.15) is 24.4 Å². The van der Waals surface area contributed by atoms with E-state index in [1.54, 1.807) is 4.57 Å². The van der Waals surface area contributed by atoms with Crippen molar-refractivity contribution >= 4 is 22.9 Å². The highest BCUT2D eigenvalue weighted by atomic mass is 32.1. The van der Waals surface area contributed by atoms with Gasteiger partial charge < -0.3 is 5.32 Å². The number of halogens is 3. The van der Waals surface area contributed by atoms with Crippen LogP contribution < -0.4 is 11.0 Å². The van der Waals surface area contributed by atoms with Gasteiger partial charge in [0.15, 0.2) is 5.82 Å². The van der Waals surface area contributed by atoms with E-state index in [0.29, 0.717) is 5.82 Å². The molecule has 0 bridgehead atoms. The molecule has 1 N–H and O–H groups in total. The summed E-state index contributed by atoms with van der Waals surface area (Å²) < 4.78 is 40.5. The number of hydrogen-bond donors (Lipinski definition) is 1. The van der Waals surface area contributed by atoms with Gasteiger partial charge in [-0.15, -0.1) is 16.4 Å². The zero-order chi connectivity index (χ0) is 19.9. The maximum absolute atomic E-state index is 12.7. The summed E-state index contributed by atoms with van der Waals surface area (Å²) in [6.45, 7) is -0.321. The lowest BCUT2D eigenvalue weighted by Crippen LogP contribution is -2.30. The lowest BCUT2D eigenvalue weighted by Gasteiger charge is -2.08. The summed E-state index contributed by atoms with van der Waals surface area (Å²) >= 11 is 1.45. The lowest BCUT2D eigenvalue weighted by molar-refractivity contribution is -0.137. The van der Waals surface area contributed by atoms with Crippen LogP contribution in [0.15, 0.2) is 46.6 Å². The zero-order valence-corrected chi connectivity index (χ0v) is 15.3. The topological polar surface area (TPSA) is 68.9 Å². The number of benzene rings is 1. The van der Waals surface area contributed by atoms with Crippen molar-refractivity contribution in [2.75, 3.05) is 5.32 Å². The number of amides is 1. The van der Waals surface area contributed by atoms with Crippen molar-refractivity contribution in [3.8, 4) is 10.7 Å². The molecule has 2 aromatic heterocycles. The third-order valence-electron chi connectivity index (χ3n) is 4.31. The van der Waals surface area contributed by atoms with Gasteiger partial charge in [0.05, 0.1) is 10.4 Å². The van der Waals surface area contributed by atoms with E-state index in [-0.39, 0.29) is 24.0 Å². The van der Waals surface area contributed by atoms with Crippen molar-refractivity contribution in [2.45, 2.75) is 31.6 Å². The Hall–Kier alpha value is -2.88. The van der Waals surface area contributed by atoms with Crippen LogP contribution in [0.25, 0.3) is 10.7 Å². The Bertz CT molecular complexity index is 1050. The average molecular weight is 408 g/mol. The Morgan fingerprint density at radius 2 is 1.93 bits per heavy atom. The zero-order valence-electron chi connectivity index (χ0n) is 14.4. The Morgan fingerprint density at radius 3 is 2.50 bits per heavy atom. The summed E-state index contributed by atoms with van der Waals surface area (Å²) in [6.07, 6.45) is -2.66. The molecule has 1 aliphatic rings. The van der Waals surface area contributed by atoms with Crippen LogP contribution in [0.4, 0.5) is 18.9 Å². The van der Waals surface area contributed by atoms with Crippen LogP contribution >= 0.6 is 11.3 Å². The Kier molecular flexibility index (Phi) is 4.58. The van der Waals surface area contributed by atoms with Crippen molar-refractivity contribution in [2.24, 2.45) is 0 Å². The molecule has 2 heterocycles. The number of rotatable bonds is 5. The van der Waals surface area contributed by atoms with E-state index in [9.17, 15) is 22.8 Å². The molecule has 0 saturated heterocycles. The fourth-order valence-corrected chi connectivity index (χ4v) is 3.54. The molecule has 1 aliphatic carbocycles. The fraction of sp³-hybridized carbons (Fsp3) is 0.278. The second kappa shape index (κ2) is 6.93. The third kappa shape index (κ3) is 3.72. The summed E-state index contributed by atoms with van der Waals surface area (Å²) in [5.41, 5.74) is -0.954. The molecule has 0 unspecified atom stereocenters. The first-order chi connectivity index (χ1) is 13.3. The minimum absolute atomic E-state index is 0.0938. The summed E-state index contributed by atoms with van der Waals surface area (Å²) in [7, 11) is 0. The number of carbonyl (C=O) groups excluding carboxylic acids is 1. The predicted octanol–water partition coefficient (Wildman–Crippen LogP) is 3.77. The van der Waals surface area contributed by atoms with Crippen LogP contribution in [-0.4, -0.2) is 20.3 Å². The summed E-state index contributed by atoms with van der Waals surface area (Å²) in [5.74, 6) is -0.00938. The number of anilines is 1. The number of carbonyl (C=O) groups is 1. The molecule has 1 aromatic carbocycles. The van der Waals surface area contributed by atoms with Crippen LogP contribution in [0.3, 0.4) is 0 Å². The van der Waals surface area contributed by atoms with E-state index in [4.69, 9.17) is 0 Å². The number of nitrogens with one attached hydrogen (secondary N) is 1. The molecular weight excluding hydrogens is 393 g/mol. The molecule has 0 spiro atoms. The quantitative estimate of drug-likeness (QED) is 0.699. The molecule has 0 atom stereocenters. The van der Waals surface area contributed by atoms with Gasteiger partial charge in [-0.25, -0.2) is 9.48 Å². The van der Waals surface area contributed by atoms with Crippen molar-refractivity contribution < 1.29 is 18.0 Å². The van der Waals surface area contributed by atoms with Gasteiger partial charge in [0.2, 0.25) is 5.91 Å². The standard InChI is InChI=1S/C18H15F3N4O2S/c19-18(20,21)11-3-5-12(6-4-11)22-15(26)10-24-17(27)25(13-7-8-13)16(23-24)14-2-1-9-28-14/h1-6,9,13H,7-8,10H2,(H,22,26). The van der Waals surface area contributed by atoms with Gasteiger partial charge in [-0.1, -0.05) is 6.07 Å². The third-order valence-corrected chi connectivity index (χ3v) is 5.18. The molecule has 1 saturated carbocycles. The average Bonchev–Trinajstić information content (AvgIpc) is 3.21. The van der Waals surface area contributed by atoms with Gasteiger partial charge in [-0.3, -0.25) is 9.36 Å². The summed E-state index contributed by atoms with van der Waals surface area (Å²) in [5, 5.41) is 8.68. The normalized spacial score (nSPS) is 14.2. The van der Waals surface area contributed by atoms with Crippen molar-refractivity contribution in [1.29, 1.82) is 0 Å². The van der Waals surface area contributed by atoms with E-state index >= 15 is 0 Å². The first-order valence-electron chi connectivity index (χ1n) is 8.53. The number of thiophene rings is 1. The maximum atomic E-state index is 12.7. The van der Waals surface area contributed by atoms with Crippen LogP contribution in [0, 0.1) is 0 Å². The van der Waals surface area contributed by atoms with Gasteiger partial charge in [-0.2, -0.15) is 13.2 Å². The molecular formula is C18H15F3N4O2S. The Balaban J connectivity index is 1.52. The van der Waals surface area contributed by atoms with E-state index in [1.807, 2.05) is 17.5 Å². The molecule has 4 rings (SSSR count). The molecule has 28 heavy (non-hydrogen) atoms. The minimum Gasteiger partial charge on any atom is -0.324 e. The van der Waals surface area contributed by atoms with Crippen molar-refractivity contribution in [3.05, 3.63) is 57.8 Å². The number of aromatic nitrogens is 3. The Labute approximate surface area is 161 Å². The van der Waals surface area contributed by atoms with Crippen molar-refractivity contribution in [3.63, 3.8) is 0 Å². The Morgan fingerprint density at radius 1 is 1.21 bits per heavy atom. The molecule has 1 fully saturated rings. The van der Waals surface area contributed by atoms with E-state index in [1.165, 1.54) is 23.5 Å². The van der Waals surface area contributed by atoms with Gasteiger partial charge in [0.25, 0.3) is 0 Å². The molecule has 10 heteroatoms. The van der Waals surface area contributed by atoms with Gasteiger partial charge in [-0.05, 0) is 48.6 Å². The van der Waals surface area contributed by atoms with Crippen LogP contribution in [-0.2, 0) is 17.5 Å². The van der Waals surface area contributed by atoms with Gasteiger partial charge in [0, 0.05) is 11.7 Å². The summed E-state index contributed by atoms with van der Waals surface area (Å²) in [4.78, 5) is 25.8. The summed E-state index contributed by atoms with van der Waals surface area (Å²) in [6, 6.07) is 7.93. The minimum atomic E-state index is -4.44. The predicted molar refractivity (Wildman–Crippen MR) is 98.1 cm³/mol. The number of nitrogens with zero attached hydrogens (tertiary/aromatic N) is 3.